The molecule has 0 fully saturated rings. The average molecular weight is 329 g/mol. The van der Waals surface area contributed by atoms with Gasteiger partial charge in [-0.25, -0.2) is 4.98 Å². The minimum Gasteiger partial charge on any atom is -0.398 e. The summed E-state index contributed by atoms with van der Waals surface area (Å²) in [4.78, 5) is 8.69. The average Bonchev–Trinajstić information content (AvgIpc) is 2.68. The molecule has 3 rings (SSSR count). The van der Waals surface area contributed by atoms with Crippen LogP contribution >= 0.6 is 0 Å². The minimum atomic E-state index is 0.540. The Morgan fingerprint density at radius 2 is 2.00 bits per heavy atom. The van der Waals surface area contributed by atoms with Crippen LogP contribution in [0.1, 0.15) is 11.3 Å². The molecular formula is C20H19N5. The van der Waals surface area contributed by atoms with Crippen LogP contribution < -0.4 is 16.3 Å². The number of pyridine rings is 1. The quantitative estimate of drug-likeness (QED) is 0.770. The Balaban J connectivity index is 2.18. The maximum atomic E-state index is 6.24. The first-order chi connectivity index (χ1) is 12.2. The van der Waals surface area contributed by atoms with E-state index in [9.17, 15) is 0 Å². The number of hydrogen-bond acceptors (Lipinski definition) is 4. The molecule has 0 aliphatic carbocycles. The molecule has 1 aromatic carbocycles. The Morgan fingerprint density at radius 3 is 2.84 bits per heavy atom. The monoisotopic (exact) mass is 329 g/mol. The molecule has 3 N–H and O–H groups in total. The van der Waals surface area contributed by atoms with Gasteiger partial charge in [-0.1, -0.05) is 49.6 Å². The van der Waals surface area contributed by atoms with E-state index in [0.29, 0.717) is 17.5 Å². The molecule has 124 valence electrons. The second-order valence-corrected chi connectivity index (χ2v) is 5.52. The van der Waals surface area contributed by atoms with Crippen molar-refractivity contribution in [2.75, 3.05) is 5.73 Å². The van der Waals surface area contributed by atoms with E-state index in [2.05, 4.69) is 33.3 Å². The van der Waals surface area contributed by atoms with Crippen LogP contribution in [0.5, 0.6) is 0 Å². The summed E-state index contributed by atoms with van der Waals surface area (Å²) in [6, 6.07) is 11.9. The van der Waals surface area contributed by atoms with Crippen LogP contribution in [0.2, 0.25) is 0 Å². The van der Waals surface area contributed by atoms with Crippen molar-refractivity contribution >= 4 is 29.2 Å². The van der Waals surface area contributed by atoms with Gasteiger partial charge in [0.05, 0.1) is 16.6 Å². The summed E-state index contributed by atoms with van der Waals surface area (Å²) in [6.45, 7) is 7.64. The Kier molecular flexibility index (Phi) is 4.85. The summed E-state index contributed by atoms with van der Waals surface area (Å²) in [7, 11) is 0. The molecular weight excluding hydrogens is 310 g/mol. The van der Waals surface area contributed by atoms with Crippen molar-refractivity contribution in [2.45, 2.75) is 6.42 Å². The van der Waals surface area contributed by atoms with E-state index >= 15 is 0 Å². The zero-order chi connectivity index (χ0) is 17.6. The van der Waals surface area contributed by atoms with E-state index in [0.717, 1.165) is 27.4 Å². The maximum Gasteiger partial charge on any atom is 0.109 e. The van der Waals surface area contributed by atoms with E-state index in [1.54, 1.807) is 18.3 Å². The summed E-state index contributed by atoms with van der Waals surface area (Å²) < 4.78 is 0. The standard InChI is InChI=1S/C20H19N5/c1-3-6-18-14(2)23-13-24-25-17(12-19(18)21)11-16-8-4-7-15-9-5-10-22-20(15)16/h3-10,12-13H,1-2,11,21H2,(H,23,24)/b18-6+,19-12?,25-17?. The van der Waals surface area contributed by atoms with Crippen molar-refractivity contribution in [3.8, 4) is 0 Å². The summed E-state index contributed by atoms with van der Waals surface area (Å²) in [5.41, 5.74) is 9.58. The van der Waals surface area contributed by atoms with E-state index in [-0.39, 0.29) is 0 Å². The molecule has 0 amide bonds. The molecule has 0 aliphatic rings. The van der Waals surface area contributed by atoms with Gasteiger partial charge in [-0.3, -0.25) is 10.1 Å². The maximum absolute atomic E-state index is 6.24. The van der Waals surface area contributed by atoms with Crippen molar-refractivity contribution in [1.82, 2.24) is 20.2 Å². The molecule has 5 nitrogen and oxygen atoms in total. The van der Waals surface area contributed by atoms with Gasteiger partial charge in [-0.15, -0.1) is 0 Å². The number of hydrogen-bond donors (Lipinski definition) is 2. The highest BCUT2D eigenvalue weighted by atomic mass is 15.1. The van der Waals surface area contributed by atoms with Crippen LogP contribution in [0.15, 0.2) is 61.6 Å². The summed E-state index contributed by atoms with van der Waals surface area (Å²) in [6.07, 6.45) is 7.32. The zero-order valence-electron chi connectivity index (χ0n) is 13.8. The summed E-state index contributed by atoms with van der Waals surface area (Å²) in [5.74, 6) is 0. The number of allylic oxidation sites excluding steroid dienone is 1. The Morgan fingerprint density at radius 1 is 1.16 bits per heavy atom. The third kappa shape index (κ3) is 3.72. The molecule has 5 heteroatoms. The number of nitrogen functional groups attached to an aromatic ring is 1. The minimum absolute atomic E-state index is 0.540. The number of anilines is 1. The van der Waals surface area contributed by atoms with Gasteiger partial charge < -0.3 is 5.73 Å². The molecule has 2 aromatic heterocycles. The van der Waals surface area contributed by atoms with Gasteiger partial charge in [-0.05, 0) is 17.7 Å². The van der Waals surface area contributed by atoms with Crippen LogP contribution in [0.25, 0.3) is 23.6 Å². The lowest BCUT2D eigenvalue weighted by Gasteiger charge is -2.04. The SMILES string of the molecule is C=C/C=c1/c(N)cc(Cc2cccc3cccnc23)n[nH]cnc1=C. The Bertz CT molecular complexity index is 1080. The lowest BCUT2D eigenvalue weighted by atomic mass is 10.0. The van der Waals surface area contributed by atoms with E-state index in [4.69, 9.17) is 5.73 Å². The highest BCUT2D eigenvalue weighted by Gasteiger charge is 2.04. The molecule has 0 aliphatic heterocycles. The first-order valence-electron chi connectivity index (χ1n) is 7.86. The molecule has 2 heterocycles. The molecule has 0 atom stereocenters. The number of fused-ring (bicyclic) bond motifs is 1. The number of rotatable bonds is 3. The number of nitrogens with one attached hydrogen (secondary N) is 1. The van der Waals surface area contributed by atoms with Crippen molar-refractivity contribution in [3.63, 3.8) is 0 Å². The second kappa shape index (κ2) is 7.40. The van der Waals surface area contributed by atoms with Gasteiger partial charge >= 0.3 is 0 Å². The lowest BCUT2D eigenvalue weighted by Crippen LogP contribution is -2.27. The second-order valence-electron chi connectivity index (χ2n) is 5.52. The molecule has 0 bridgehead atoms. The molecule has 3 aromatic rings. The fourth-order valence-electron chi connectivity index (χ4n) is 2.65. The smallest absolute Gasteiger partial charge is 0.109 e. The topological polar surface area (TPSA) is 80.5 Å². The fraction of sp³-hybridized carbons (Fsp3) is 0.0500. The van der Waals surface area contributed by atoms with Crippen molar-refractivity contribution in [1.29, 1.82) is 0 Å². The highest BCUT2D eigenvalue weighted by Crippen LogP contribution is 2.18. The van der Waals surface area contributed by atoms with Gasteiger partial charge in [0.15, 0.2) is 0 Å². The van der Waals surface area contributed by atoms with Crippen LogP contribution in [0.3, 0.4) is 0 Å². The van der Waals surface area contributed by atoms with E-state index in [1.165, 1.54) is 6.33 Å². The van der Waals surface area contributed by atoms with Gasteiger partial charge in [-0.2, -0.15) is 5.10 Å². The Hall–Kier alpha value is -3.47. The molecule has 0 spiro atoms. The summed E-state index contributed by atoms with van der Waals surface area (Å²) in [5, 5.41) is 9.54. The number of nitrogens with two attached hydrogens (primary N) is 1. The van der Waals surface area contributed by atoms with Crippen molar-refractivity contribution in [3.05, 3.63) is 83.4 Å². The largest absolute Gasteiger partial charge is 0.398 e. The molecule has 0 radical (unpaired) electrons. The summed E-state index contributed by atoms with van der Waals surface area (Å²) >= 11 is 0. The number of aromatic amines is 1. The third-order valence-electron chi connectivity index (χ3n) is 3.80. The van der Waals surface area contributed by atoms with Crippen molar-refractivity contribution in [2.24, 2.45) is 0 Å². The van der Waals surface area contributed by atoms with Gasteiger partial charge in [0, 0.05) is 28.9 Å². The number of H-pyrrole nitrogens is 1. The van der Waals surface area contributed by atoms with Gasteiger partial charge in [0.25, 0.3) is 0 Å². The number of aromatic nitrogens is 4. The fourth-order valence-corrected chi connectivity index (χ4v) is 2.65. The van der Waals surface area contributed by atoms with Crippen LogP contribution in [0.4, 0.5) is 5.69 Å². The molecule has 25 heavy (non-hydrogen) atoms. The van der Waals surface area contributed by atoms with Crippen LogP contribution in [-0.2, 0) is 6.42 Å². The van der Waals surface area contributed by atoms with Gasteiger partial charge in [0.2, 0.25) is 0 Å². The Labute approximate surface area is 145 Å². The third-order valence-corrected chi connectivity index (χ3v) is 3.80. The first-order valence-corrected chi connectivity index (χ1v) is 7.86. The number of para-hydroxylation sites is 1. The van der Waals surface area contributed by atoms with Crippen molar-refractivity contribution < 1.29 is 0 Å². The van der Waals surface area contributed by atoms with Crippen LogP contribution in [-0.4, -0.2) is 20.2 Å². The normalized spacial score (nSPS) is 11.3. The van der Waals surface area contributed by atoms with E-state index < -0.39 is 0 Å². The predicted octanol–water partition coefficient (Wildman–Crippen LogP) is 2.03. The highest BCUT2D eigenvalue weighted by molar-refractivity contribution is 5.81. The molecule has 0 saturated carbocycles. The predicted molar refractivity (Wildman–Crippen MR) is 102 cm³/mol. The van der Waals surface area contributed by atoms with Gasteiger partial charge in [0.1, 0.15) is 6.33 Å². The number of benzene rings is 1. The molecule has 0 saturated heterocycles. The van der Waals surface area contributed by atoms with Crippen LogP contribution in [0, 0.1) is 0 Å². The first kappa shape index (κ1) is 16.4. The lowest BCUT2D eigenvalue weighted by molar-refractivity contribution is 0.934. The zero-order valence-corrected chi connectivity index (χ0v) is 13.8. The van der Waals surface area contributed by atoms with E-state index in [1.807, 2.05) is 36.4 Å². The molecule has 0 unspecified atom stereocenters. The number of nitrogens with zero attached hydrogens (tertiary/aromatic N) is 3.